The number of likely N-dealkylation sites (tertiary alicyclic amines) is 1. The van der Waals surface area contributed by atoms with Crippen molar-refractivity contribution in [3.8, 4) is 5.75 Å². The molecule has 1 amide bonds. The second kappa shape index (κ2) is 7.98. The molecule has 27 heavy (non-hydrogen) atoms. The van der Waals surface area contributed by atoms with E-state index in [1.54, 1.807) is 41.3 Å². The predicted octanol–water partition coefficient (Wildman–Crippen LogP) is 1.92. The van der Waals surface area contributed by atoms with Gasteiger partial charge in [0.25, 0.3) is 15.9 Å². The number of anilines is 1. The topological polar surface area (TPSA) is 102 Å². The number of methoxy groups -OCH3 is 1. The first kappa shape index (κ1) is 19.2. The number of rotatable bonds is 6. The number of benzene rings is 2. The number of amides is 1. The summed E-state index contributed by atoms with van der Waals surface area (Å²) in [6.07, 6.45) is 0.863. The molecule has 144 valence electrons. The lowest BCUT2D eigenvalue weighted by atomic mass is 10.1. The molecular formula is C19H23N3O4S. The first-order chi connectivity index (χ1) is 12.9. The van der Waals surface area contributed by atoms with Gasteiger partial charge >= 0.3 is 0 Å². The van der Waals surface area contributed by atoms with E-state index in [9.17, 15) is 13.2 Å². The molecule has 0 spiro atoms. The van der Waals surface area contributed by atoms with Gasteiger partial charge in [-0.25, -0.2) is 8.42 Å². The van der Waals surface area contributed by atoms with Gasteiger partial charge < -0.3 is 15.4 Å². The third kappa shape index (κ3) is 4.23. The molecule has 0 radical (unpaired) electrons. The molecule has 0 aromatic heterocycles. The Labute approximate surface area is 159 Å². The number of carbonyl (C=O) groups excluding carboxylic acids is 1. The van der Waals surface area contributed by atoms with Crippen molar-refractivity contribution >= 4 is 21.6 Å². The Bertz CT molecular complexity index is 913. The molecule has 1 atom stereocenters. The smallest absolute Gasteiger partial charge is 0.261 e. The Morgan fingerprint density at radius 1 is 1.22 bits per heavy atom. The number of hydrogen-bond donors (Lipinski definition) is 2. The normalized spacial score (nSPS) is 17.0. The summed E-state index contributed by atoms with van der Waals surface area (Å²) in [5.74, 6) is 0.657. The average molecular weight is 389 g/mol. The van der Waals surface area contributed by atoms with E-state index in [1.807, 2.05) is 0 Å². The van der Waals surface area contributed by atoms with Crippen molar-refractivity contribution in [1.29, 1.82) is 0 Å². The minimum Gasteiger partial charge on any atom is -0.497 e. The summed E-state index contributed by atoms with van der Waals surface area (Å²) >= 11 is 0. The summed E-state index contributed by atoms with van der Waals surface area (Å²) < 4.78 is 33.0. The van der Waals surface area contributed by atoms with Crippen molar-refractivity contribution in [2.75, 3.05) is 31.5 Å². The number of sulfonamides is 1. The van der Waals surface area contributed by atoms with Gasteiger partial charge in [-0.2, -0.15) is 0 Å². The molecule has 0 aliphatic carbocycles. The fourth-order valence-electron chi connectivity index (χ4n) is 3.10. The highest BCUT2D eigenvalue weighted by Crippen LogP contribution is 2.25. The zero-order chi connectivity index (χ0) is 19.4. The fraction of sp³-hybridized carbons (Fsp3) is 0.316. The van der Waals surface area contributed by atoms with Gasteiger partial charge in [-0.3, -0.25) is 9.52 Å². The van der Waals surface area contributed by atoms with Gasteiger partial charge in [-0.1, -0.05) is 12.1 Å². The Kier molecular flexibility index (Phi) is 5.67. The van der Waals surface area contributed by atoms with Crippen molar-refractivity contribution < 1.29 is 17.9 Å². The zero-order valence-corrected chi connectivity index (χ0v) is 15.9. The van der Waals surface area contributed by atoms with E-state index in [1.165, 1.54) is 19.2 Å². The Balaban J connectivity index is 1.84. The largest absolute Gasteiger partial charge is 0.497 e. The molecule has 3 N–H and O–H groups in total. The van der Waals surface area contributed by atoms with E-state index < -0.39 is 10.0 Å². The molecule has 0 bridgehead atoms. The molecule has 1 heterocycles. The van der Waals surface area contributed by atoms with Gasteiger partial charge in [0.15, 0.2) is 0 Å². The number of ether oxygens (including phenoxy) is 1. The second-order valence-corrected chi connectivity index (χ2v) is 8.15. The molecule has 2 aromatic rings. The van der Waals surface area contributed by atoms with E-state index >= 15 is 0 Å². The molecule has 1 fully saturated rings. The second-order valence-electron chi connectivity index (χ2n) is 6.47. The Hall–Kier alpha value is -2.58. The Morgan fingerprint density at radius 3 is 2.56 bits per heavy atom. The van der Waals surface area contributed by atoms with Crippen LogP contribution in [0.5, 0.6) is 5.75 Å². The quantitative estimate of drug-likeness (QED) is 0.786. The molecule has 1 unspecified atom stereocenters. The summed E-state index contributed by atoms with van der Waals surface area (Å²) in [4.78, 5) is 14.7. The third-order valence-corrected chi connectivity index (χ3v) is 6.06. The van der Waals surface area contributed by atoms with Crippen LogP contribution in [0.15, 0.2) is 53.4 Å². The maximum absolute atomic E-state index is 12.9. The van der Waals surface area contributed by atoms with Crippen LogP contribution < -0.4 is 15.2 Å². The molecule has 1 saturated heterocycles. The van der Waals surface area contributed by atoms with Gasteiger partial charge in [-0.15, -0.1) is 0 Å². The summed E-state index contributed by atoms with van der Waals surface area (Å²) in [7, 11) is -2.32. The minimum atomic E-state index is -3.83. The van der Waals surface area contributed by atoms with Crippen molar-refractivity contribution in [2.24, 2.45) is 11.7 Å². The molecule has 2 aromatic carbocycles. The van der Waals surface area contributed by atoms with Crippen LogP contribution >= 0.6 is 0 Å². The average Bonchev–Trinajstić information content (AvgIpc) is 3.17. The van der Waals surface area contributed by atoms with E-state index in [0.717, 1.165) is 6.42 Å². The zero-order valence-electron chi connectivity index (χ0n) is 15.1. The molecule has 3 rings (SSSR count). The number of nitrogens with zero attached hydrogens (tertiary/aromatic N) is 1. The standard InChI is InChI=1S/C19H23N3O4S/c1-26-15-6-8-16(9-7-15)27(24,25)21-18-5-3-2-4-17(18)19(23)22-11-10-14(12-20)13-22/h2-9,14,21H,10-13,20H2,1H3. The number of hydrogen-bond acceptors (Lipinski definition) is 5. The number of nitrogens with one attached hydrogen (secondary N) is 1. The molecule has 7 nitrogen and oxygen atoms in total. The van der Waals surface area contributed by atoms with E-state index in [2.05, 4.69) is 4.72 Å². The van der Waals surface area contributed by atoms with Crippen molar-refractivity contribution in [3.63, 3.8) is 0 Å². The maximum Gasteiger partial charge on any atom is 0.261 e. The molecule has 0 saturated carbocycles. The van der Waals surface area contributed by atoms with Crippen LogP contribution in [0.25, 0.3) is 0 Å². The van der Waals surface area contributed by atoms with Gasteiger partial charge in [0, 0.05) is 13.1 Å². The summed E-state index contributed by atoms with van der Waals surface area (Å²) in [6, 6.07) is 12.7. The highest BCUT2D eigenvalue weighted by atomic mass is 32.2. The van der Waals surface area contributed by atoms with Crippen molar-refractivity contribution in [1.82, 2.24) is 4.90 Å². The number of para-hydroxylation sites is 1. The first-order valence-corrected chi connectivity index (χ1v) is 10.2. The highest BCUT2D eigenvalue weighted by molar-refractivity contribution is 7.92. The predicted molar refractivity (Wildman–Crippen MR) is 103 cm³/mol. The van der Waals surface area contributed by atoms with E-state index in [-0.39, 0.29) is 22.4 Å². The van der Waals surface area contributed by atoms with Crippen LogP contribution in [0.1, 0.15) is 16.8 Å². The lowest BCUT2D eigenvalue weighted by Gasteiger charge is -2.19. The highest BCUT2D eigenvalue weighted by Gasteiger charge is 2.28. The summed E-state index contributed by atoms with van der Waals surface area (Å²) in [6.45, 7) is 1.75. The van der Waals surface area contributed by atoms with Crippen LogP contribution in [0.2, 0.25) is 0 Å². The first-order valence-electron chi connectivity index (χ1n) is 8.70. The van der Waals surface area contributed by atoms with Gasteiger partial charge in [0.2, 0.25) is 0 Å². The monoisotopic (exact) mass is 389 g/mol. The lowest BCUT2D eigenvalue weighted by Crippen LogP contribution is -2.30. The maximum atomic E-state index is 12.9. The molecule has 1 aliphatic rings. The van der Waals surface area contributed by atoms with Crippen molar-refractivity contribution in [2.45, 2.75) is 11.3 Å². The van der Waals surface area contributed by atoms with Gasteiger partial charge in [0.1, 0.15) is 5.75 Å². The van der Waals surface area contributed by atoms with Crippen LogP contribution in [0.3, 0.4) is 0 Å². The van der Waals surface area contributed by atoms with Crippen LogP contribution in [-0.4, -0.2) is 46.0 Å². The van der Waals surface area contributed by atoms with Crippen LogP contribution in [0, 0.1) is 5.92 Å². The summed E-state index contributed by atoms with van der Waals surface area (Å²) in [5.41, 5.74) is 6.28. The lowest BCUT2D eigenvalue weighted by molar-refractivity contribution is 0.0788. The van der Waals surface area contributed by atoms with E-state index in [0.29, 0.717) is 30.9 Å². The number of nitrogens with two attached hydrogens (primary N) is 1. The summed E-state index contributed by atoms with van der Waals surface area (Å²) in [5, 5.41) is 0. The Morgan fingerprint density at radius 2 is 1.93 bits per heavy atom. The molecule has 1 aliphatic heterocycles. The van der Waals surface area contributed by atoms with Gasteiger partial charge in [0.05, 0.1) is 23.3 Å². The third-order valence-electron chi connectivity index (χ3n) is 4.68. The van der Waals surface area contributed by atoms with Gasteiger partial charge in [-0.05, 0) is 55.3 Å². The van der Waals surface area contributed by atoms with Crippen molar-refractivity contribution in [3.05, 3.63) is 54.1 Å². The van der Waals surface area contributed by atoms with Crippen LogP contribution in [-0.2, 0) is 10.0 Å². The molecule has 8 heteroatoms. The number of carbonyl (C=O) groups is 1. The minimum absolute atomic E-state index is 0.0925. The van der Waals surface area contributed by atoms with E-state index in [4.69, 9.17) is 10.5 Å². The molecular weight excluding hydrogens is 366 g/mol. The van der Waals surface area contributed by atoms with Crippen LogP contribution in [0.4, 0.5) is 5.69 Å². The fourth-order valence-corrected chi connectivity index (χ4v) is 4.18. The SMILES string of the molecule is COc1ccc(S(=O)(=O)Nc2ccccc2C(=O)N2CCC(CN)C2)cc1.